The number of hydrogen-bond donors (Lipinski definition) is 3. The molecular formula is C17H17N5O. The topological polar surface area (TPSA) is 86.7 Å². The summed E-state index contributed by atoms with van der Waals surface area (Å²) in [5.41, 5.74) is 2.21. The van der Waals surface area contributed by atoms with Gasteiger partial charge in [0.05, 0.1) is 17.4 Å². The Morgan fingerprint density at radius 3 is 2.87 bits per heavy atom. The summed E-state index contributed by atoms with van der Waals surface area (Å²) in [6.07, 6.45) is 5.33. The number of rotatable bonds is 2. The zero-order valence-corrected chi connectivity index (χ0v) is 13.2. The van der Waals surface area contributed by atoms with Crippen LogP contribution < -0.4 is 5.32 Å². The normalized spacial score (nSPS) is 11.1. The molecule has 0 saturated heterocycles. The Balaban J connectivity index is 2.09. The monoisotopic (exact) mass is 307 g/mol. The molecule has 0 aliphatic carbocycles. The molecule has 0 fully saturated rings. The maximum Gasteiger partial charge on any atom is 0.222 e. The number of nitrogens with zero attached hydrogens (tertiary/aromatic N) is 3. The Bertz CT molecular complexity index is 912. The van der Waals surface area contributed by atoms with Gasteiger partial charge in [-0.15, -0.1) is 0 Å². The van der Waals surface area contributed by atoms with Crippen LogP contribution in [0.25, 0.3) is 22.2 Å². The van der Waals surface area contributed by atoms with Crippen LogP contribution in [0.5, 0.6) is 0 Å². The molecule has 3 aromatic rings. The molecule has 0 aliphatic heterocycles. The van der Waals surface area contributed by atoms with E-state index < -0.39 is 5.60 Å². The third-order valence-electron chi connectivity index (χ3n) is 3.22. The molecule has 3 heterocycles. The highest BCUT2D eigenvalue weighted by Gasteiger charge is 2.10. The second-order valence-electron chi connectivity index (χ2n) is 5.64. The van der Waals surface area contributed by atoms with E-state index in [9.17, 15) is 5.11 Å². The summed E-state index contributed by atoms with van der Waals surface area (Å²) in [5, 5.41) is 13.6. The number of anilines is 1. The van der Waals surface area contributed by atoms with Crippen molar-refractivity contribution in [1.29, 1.82) is 0 Å². The van der Waals surface area contributed by atoms with Crippen molar-refractivity contribution in [2.75, 3.05) is 12.4 Å². The standard InChI is InChI=1S/C17H17N5O/c1-17(2,23)6-4-11-8-12-13(9-21-15(12)10-20-11)14-5-7-19-16(18-3)22-14/h5,7-10,21,23H,1-3H3,(H,18,19,22). The second-order valence-corrected chi connectivity index (χ2v) is 5.64. The number of aliphatic hydroxyl groups is 1. The van der Waals surface area contributed by atoms with Crippen molar-refractivity contribution in [3.05, 3.63) is 36.4 Å². The molecule has 0 unspecified atom stereocenters. The average Bonchev–Trinajstić information content (AvgIpc) is 2.95. The zero-order chi connectivity index (χ0) is 16.4. The first-order chi connectivity index (χ1) is 11.0. The van der Waals surface area contributed by atoms with Crippen LogP contribution >= 0.6 is 0 Å². The third kappa shape index (κ3) is 3.30. The molecule has 3 N–H and O–H groups in total. The molecule has 0 amide bonds. The molecule has 0 aliphatic rings. The van der Waals surface area contributed by atoms with Gasteiger partial charge in [0, 0.05) is 30.4 Å². The molecule has 0 spiro atoms. The smallest absolute Gasteiger partial charge is 0.222 e. The summed E-state index contributed by atoms with van der Waals surface area (Å²) in [6, 6.07) is 3.74. The number of nitrogens with one attached hydrogen (secondary N) is 2. The summed E-state index contributed by atoms with van der Waals surface area (Å²) in [6.45, 7) is 3.28. The first kappa shape index (κ1) is 15.0. The van der Waals surface area contributed by atoms with Gasteiger partial charge in [0.15, 0.2) is 0 Å². The van der Waals surface area contributed by atoms with Crippen LogP contribution in [0.15, 0.2) is 30.7 Å². The van der Waals surface area contributed by atoms with Crippen LogP contribution in [0.4, 0.5) is 5.95 Å². The van der Waals surface area contributed by atoms with Gasteiger partial charge in [-0.05, 0) is 31.9 Å². The van der Waals surface area contributed by atoms with Crippen LogP contribution in [0.1, 0.15) is 19.5 Å². The first-order valence-corrected chi connectivity index (χ1v) is 7.20. The van der Waals surface area contributed by atoms with Crippen molar-refractivity contribution in [2.45, 2.75) is 19.4 Å². The Morgan fingerprint density at radius 1 is 1.30 bits per heavy atom. The lowest BCUT2D eigenvalue weighted by atomic mass is 10.1. The van der Waals surface area contributed by atoms with Crippen molar-refractivity contribution in [3.63, 3.8) is 0 Å². The van der Waals surface area contributed by atoms with Crippen molar-refractivity contribution >= 4 is 16.9 Å². The minimum Gasteiger partial charge on any atom is -0.378 e. The minimum absolute atomic E-state index is 0.563. The number of pyridine rings is 1. The highest BCUT2D eigenvalue weighted by Crippen LogP contribution is 2.27. The molecule has 0 atom stereocenters. The lowest BCUT2D eigenvalue weighted by Gasteiger charge is -2.05. The van der Waals surface area contributed by atoms with Gasteiger partial charge in [0.25, 0.3) is 0 Å². The Hall–Kier alpha value is -2.91. The van der Waals surface area contributed by atoms with Gasteiger partial charge >= 0.3 is 0 Å². The third-order valence-corrected chi connectivity index (χ3v) is 3.22. The molecule has 0 aromatic carbocycles. The van der Waals surface area contributed by atoms with Crippen molar-refractivity contribution < 1.29 is 5.11 Å². The van der Waals surface area contributed by atoms with E-state index in [1.54, 1.807) is 33.3 Å². The largest absolute Gasteiger partial charge is 0.378 e. The molecular weight excluding hydrogens is 290 g/mol. The van der Waals surface area contributed by atoms with Crippen molar-refractivity contribution in [1.82, 2.24) is 19.9 Å². The predicted molar refractivity (Wildman–Crippen MR) is 89.8 cm³/mol. The van der Waals surface area contributed by atoms with E-state index in [-0.39, 0.29) is 0 Å². The summed E-state index contributed by atoms with van der Waals surface area (Å²) in [5.74, 6) is 6.23. The summed E-state index contributed by atoms with van der Waals surface area (Å²) in [4.78, 5) is 16.1. The fourth-order valence-corrected chi connectivity index (χ4v) is 2.15. The van der Waals surface area contributed by atoms with Crippen LogP contribution in [0.2, 0.25) is 0 Å². The number of fused-ring (bicyclic) bond motifs is 1. The Morgan fingerprint density at radius 2 is 2.13 bits per heavy atom. The zero-order valence-electron chi connectivity index (χ0n) is 13.2. The van der Waals surface area contributed by atoms with Gasteiger partial charge in [0.1, 0.15) is 11.3 Å². The molecule has 6 nitrogen and oxygen atoms in total. The highest BCUT2D eigenvalue weighted by atomic mass is 16.3. The van der Waals surface area contributed by atoms with E-state index in [0.29, 0.717) is 11.6 Å². The molecule has 3 rings (SSSR count). The lowest BCUT2D eigenvalue weighted by molar-refractivity contribution is 0.143. The predicted octanol–water partition coefficient (Wildman–Crippen LogP) is 2.18. The summed E-state index contributed by atoms with van der Waals surface area (Å²) < 4.78 is 0. The van der Waals surface area contributed by atoms with Crippen molar-refractivity contribution in [3.8, 4) is 23.1 Å². The number of aromatic nitrogens is 4. The van der Waals surface area contributed by atoms with Gasteiger partial charge < -0.3 is 15.4 Å². The van der Waals surface area contributed by atoms with E-state index >= 15 is 0 Å². The van der Waals surface area contributed by atoms with Gasteiger partial charge in [-0.1, -0.05) is 5.92 Å². The molecule has 0 radical (unpaired) electrons. The van der Waals surface area contributed by atoms with Gasteiger partial charge in [-0.25, -0.2) is 15.0 Å². The molecule has 0 saturated carbocycles. The van der Waals surface area contributed by atoms with E-state index in [4.69, 9.17) is 0 Å². The first-order valence-electron chi connectivity index (χ1n) is 7.20. The summed E-state index contributed by atoms with van der Waals surface area (Å²) in [7, 11) is 1.78. The average molecular weight is 307 g/mol. The fourth-order valence-electron chi connectivity index (χ4n) is 2.15. The summed E-state index contributed by atoms with van der Waals surface area (Å²) >= 11 is 0. The highest BCUT2D eigenvalue weighted by molar-refractivity contribution is 5.94. The Labute approximate surface area is 134 Å². The number of hydrogen-bond acceptors (Lipinski definition) is 5. The Kier molecular flexibility index (Phi) is 3.72. The second kappa shape index (κ2) is 5.71. The molecule has 0 bridgehead atoms. The van der Waals surface area contributed by atoms with Crippen LogP contribution in [-0.2, 0) is 0 Å². The van der Waals surface area contributed by atoms with Gasteiger partial charge in [-0.3, -0.25) is 0 Å². The van der Waals surface area contributed by atoms with Crippen LogP contribution in [0, 0.1) is 11.8 Å². The maximum atomic E-state index is 9.71. The molecule has 23 heavy (non-hydrogen) atoms. The molecule has 3 aromatic heterocycles. The van der Waals surface area contributed by atoms with E-state index in [1.165, 1.54) is 0 Å². The van der Waals surface area contributed by atoms with Crippen LogP contribution in [-0.4, -0.2) is 37.7 Å². The van der Waals surface area contributed by atoms with Gasteiger partial charge in [-0.2, -0.15) is 0 Å². The van der Waals surface area contributed by atoms with Crippen LogP contribution in [0.3, 0.4) is 0 Å². The molecule has 116 valence electrons. The van der Waals surface area contributed by atoms with E-state index in [1.807, 2.05) is 18.3 Å². The van der Waals surface area contributed by atoms with Crippen molar-refractivity contribution in [2.24, 2.45) is 0 Å². The number of H-pyrrole nitrogens is 1. The maximum absolute atomic E-state index is 9.71. The van der Waals surface area contributed by atoms with Gasteiger partial charge in [0.2, 0.25) is 5.95 Å². The van der Waals surface area contributed by atoms with E-state index in [2.05, 4.69) is 37.1 Å². The molecule has 6 heteroatoms. The minimum atomic E-state index is -1.05. The fraction of sp³-hybridized carbons (Fsp3) is 0.235. The van der Waals surface area contributed by atoms with E-state index in [0.717, 1.165) is 22.2 Å². The number of aromatic amines is 1. The SMILES string of the molecule is CNc1nccc(-c2c[nH]c3cnc(C#CC(C)(C)O)cc23)n1. The quantitative estimate of drug-likeness (QED) is 0.632. The lowest BCUT2D eigenvalue weighted by Crippen LogP contribution is -2.14.